The van der Waals surface area contributed by atoms with E-state index in [1.54, 1.807) is 0 Å². The van der Waals surface area contributed by atoms with Gasteiger partial charge >= 0.3 is 0 Å². The number of rotatable bonds is 6. The summed E-state index contributed by atoms with van der Waals surface area (Å²) in [6, 6.07) is 15.0. The van der Waals surface area contributed by atoms with Gasteiger partial charge in [-0.1, -0.05) is 35.9 Å². The molecule has 116 valence electrons. The molecule has 0 bridgehead atoms. The van der Waals surface area contributed by atoms with Crippen molar-refractivity contribution in [3.05, 3.63) is 59.1 Å². The molecule has 0 heterocycles. The zero-order chi connectivity index (χ0) is 15.9. The average molecular weight is 318 g/mol. The van der Waals surface area contributed by atoms with E-state index in [0.29, 0.717) is 29.3 Å². The highest BCUT2D eigenvalue weighted by Crippen LogP contribution is 2.25. The fraction of sp³-hybridized carbons (Fsp3) is 0.278. The van der Waals surface area contributed by atoms with E-state index in [9.17, 15) is 4.79 Å². The molecule has 0 unspecified atom stereocenters. The Hall–Kier alpha value is -2.00. The quantitative estimate of drug-likeness (QED) is 0.838. The monoisotopic (exact) mass is 317 g/mol. The molecule has 1 amide bonds. The van der Waals surface area contributed by atoms with E-state index in [1.807, 2.05) is 62.4 Å². The molecule has 0 aliphatic heterocycles. The smallest absolute Gasteiger partial charge is 0.224 e. The number of hydrogen-bond acceptors (Lipinski definition) is 2. The van der Waals surface area contributed by atoms with Crippen LogP contribution >= 0.6 is 11.6 Å². The number of ether oxygens (including phenoxy) is 1. The largest absolute Gasteiger partial charge is 0.489 e. The second kappa shape index (κ2) is 7.85. The molecule has 0 spiro atoms. The Labute approximate surface area is 136 Å². The van der Waals surface area contributed by atoms with Crippen LogP contribution in [0.3, 0.4) is 0 Å². The van der Waals surface area contributed by atoms with Crippen LogP contribution in [0.1, 0.15) is 25.8 Å². The molecule has 4 heteroatoms. The van der Waals surface area contributed by atoms with Crippen LogP contribution in [0.25, 0.3) is 0 Å². The summed E-state index contributed by atoms with van der Waals surface area (Å²) in [6.45, 7) is 3.91. The van der Waals surface area contributed by atoms with Gasteiger partial charge in [-0.2, -0.15) is 0 Å². The predicted octanol–water partition coefficient (Wildman–Crippen LogP) is 4.70. The van der Waals surface area contributed by atoms with Crippen molar-refractivity contribution in [2.45, 2.75) is 32.8 Å². The number of carbonyl (C=O) groups is 1. The van der Waals surface area contributed by atoms with E-state index in [-0.39, 0.29) is 12.0 Å². The number of halogens is 1. The summed E-state index contributed by atoms with van der Waals surface area (Å²) in [7, 11) is 0. The van der Waals surface area contributed by atoms with Gasteiger partial charge in [0.15, 0.2) is 0 Å². The minimum Gasteiger partial charge on any atom is -0.489 e. The molecular formula is C18H20ClNO2. The summed E-state index contributed by atoms with van der Waals surface area (Å²) >= 11 is 5.85. The van der Waals surface area contributed by atoms with Crippen molar-refractivity contribution in [2.24, 2.45) is 0 Å². The predicted molar refractivity (Wildman–Crippen MR) is 90.6 cm³/mol. The fourth-order valence-corrected chi connectivity index (χ4v) is 2.17. The SMILES string of the molecule is CC(C)Oc1ccccc1NC(=O)CCc1ccc(Cl)cc1. The van der Waals surface area contributed by atoms with Gasteiger partial charge in [0, 0.05) is 11.4 Å². The van der Waals surface area contributed by atoms with Crippen molar-refractivity contribution in [1.29, 1.82) is 0 Å². The summed E-state index contributed by atoms with van der Waals surface area (Å²) in [4.78, 5) is 12.1. The average Bonchev–Trinajstić information content (AvgIpc) is 2.48. The Morgan fingerprint density at radius 2 is 1.82 bits per heavy atom. The Kier molecular flexibility index (Phi) is 5.84. The number of anilines is 1. The van der Waals surface area contributed by atoms with E-state index < -0.39 is 0 Å². The zero-order valence-electron chi connectivity index (χ0n) is 12.8. The second-order valence-corrected chi connectivity index (χ2v) is 5.77. The zero-order valence-corrected chi connectivity index (χ0v) is 13.6. The lowest BCUT2D eigenvalue weighted by molar-refractivity contribution is -0.116. The molecule has 0 atom stereocenters. The Balaban J connectivity index is 1.93. The van der Waals surface area contributed by atoms with Gasteiger partial charge in [0.1, 0.15) is 5.75 Å². The van der Waals surface area contributed by atoms with Gasteiger partial charge in [0.05, 0.1) is 11.8 Å². The Morgan fingerprint density at radius 3 is 2.50 bits per heavy atom. The van der Waals surface area contributed by atoms with Gasteiger partial charge in [0.2, 0.25) is 5.91 Å². The first-order chi connectivity index (χ1) is 10.5. The van der Waals surface area contributed by atoms with Gasteiger partial charge in [-0.25, -0.2) is 0 Å². The lowest BCUT2D eigenvalue weighted by Crippen LogP contribution is -2.14. The molecule has 3 nitrogen and oxygen atoms in total. The number of nitrogens with one attached hydrogen (secondary N) is 1. The minimum atomic E-state index is -0.0326. The molecule has 2 aromatic rings. The van der Waals surface area contributed by atoms with Crippen molar-refractivity contribution in [3.8, 4) is 5.75 Å². The Bertz CT molecular complexity index is 623. The number of benzene rings is 2. The number of aryl methyl sites for hydroxylation is 1. The van der Waals surface area contributed by atoms with Gasteiger partial charge in [-0.15, -0.1) is 0 Å². The number of amides is 1. The van der Waals surface area contributed by atoms with E-state index in [2.05, 4.69) is 5.32 Å². The molecule has 22 heavy (non-hydrogen) atoms. The lowest BCUT2D eigenvalue weighted by Gasteiger charge is -2.14. The summed E-state index contributed by atoms with van der Waals surface area (Å²) in [5.74, 6) is 0.659. The fourth-order valence-electron chi connectivity index (χ4n) is 2.05. The van der Waals surface area contributed by atoms with Crippen molar-refractivity contribution >= 4 is 23.2 Å². The van der Waals surface area contributed by atoms with E-state index in [4.69, 9.17) is 16.3 Å². The van der Waals surface area contributed by atoms with Crippen molar-refractivity contribution in [2.75, 3.05) is 5.32 Å². The van der Waals surface area contributed by atoms with Crippen molar-refractivity contribution < 1.29 is 9.53 Å². The van der Waals surface area contributed by atoms with Gasteiger partial charge in [0.25, 0.3) is 0 Å². The first-order valence-electron chi connectivity index (χ1n) is 7.34. The van der Waals surface area contributed by atoms with Crippen LogP contribution in [0.2, 0.25) is 5.02 Å². The summed E-state index contributed by atoms with van der Waals surface area (Å²) in [5, 5.41) is 3.61. The Morgan fingerprint density at radius 1 is 1.14 bits per heavy atom. The summed E-state index contributed by atoms with van der Waals surface area (Å²) < 4.78 is 5.69. The van der Waals surface area contributed by atoms with Crippen molar-refractivity contribution in [3.63, 3.8) is 0 Å². The third-order valence-electron chi connectivity index (χ3n) is 3.08. The van der Waals surface area contributed by atoms with Crippen LogP contribution in [0, 0.1) is 0 Å². The molecule has 2 aromatic carbocycles. The molecular weight excluding hydrogens is 298 g/mol. The molecule has 0 radical (unpaired) electrons. The van der Waals surface area contributed by atoms with Crippen LogP contribution in [-0.2, 0) is 11.2 Å². The van der Waals surface area contributed by atoms with Crippen LogP contribution < -0.4 is 10.1 Å². The maximum atomic E-state index is 12.1. The number of hydrogen-bond donors (Lipinski definition) is 1. The first kappa shape index (κ1) is 16.4. The van der Waals surface area contributed by atoms with Crippen molar-refractivity contribution in [1.82, 2.24) is 0 Å². The molecule has 0 aliphatic carbocycles. The molecule has 1 N–H and O–H groups in total. The van der Waals surface area contributed by atoms with E-state index in [1.165, 1.54) is 0 Å². The molecule has 0 aliphatic rings. The van der Waals surface area contributed by atoms with Crippen LogP contribution in [0.5, 0.6) is 5.75 Å². The first-order valence-corrected chi connectivity index (χ1v) is 7.72. The number of para-hydroxylation sites is 2. The third-order valence-corrected chi connectivity index (χ3v) is 3.33. The van der Waals surface area contributed by atoms with Gasteiger partial charge in [-0.3, -0.25) is 4.79 Å². The van der Waals surface area contributed by atoms with E-state index in [0.717, 1.165) is 5.56 Å². The minimum absolute atomic E-state index is 0.0326. The van der Waals surface area contributed by atoms with E-state index >= 15 is 0 Å². The third kappa shape index (κ3) is 5.08. The van der Waals surface area contributed by atoms with Gasteiger partial charge < -0.3 is 10.1 Å². The second-order valence-electron chi connectivity index (χ2n) is 5.34. The summed E-state index contributed by atoms with van der Waals surface area (Å²) in [5.41, 5.74) is 1.79. The van der Waals surface area contributed by atoms with Crippen LogP contribution in [0.4, 0.5) is 5.69 Å². The standard InChI is InChI=1S/C18H20ClNO2/c1-13(2)22-17-6-4-3-5-16(17)20-18(21)12-9-14-7-10-15(19)11-8-14/h3-8,10-11,13H,9,12H2,1-2H3,(H,20,21). The molecule has 0 saturated heterocycles. The molecule has 0 saturated carbocycles. The highest BCUT2D eigenvalue weighted by Gasteiger charge is 2.09. The molecule has 2 rings (SSSR count). The number of carbonyl (C=O) groups excluding carboxylic acids is 1. The molecule has 0 fully saturated rings. The van der Waals surface area contributed by atoms with Crippen LogP contribution in [-0.4, -0.2) is 12.0 Å². The van der Waals surface area contributed by atoms with Crippen LogP contribution in [0.15, 0.2) is 48.5 Å². The lowest BCUT2D eigenvalue weighted by atomic mass is 10.1. The normalized spacial score (nSPS) is 10.5. The maximum Gasteiger partial charge on any atom is 0.224 e. The topological polar surface area (TPSA) is 38.3 Å². The molecule has 0 aromatic heterocycles. The maximum absolute atomic E-state index is 12.1. The highest BCUT2D eigenvalue weighted by molar-refractivity contribution is 6.30. The summed E-state index contributed by atoms with van der Waals surface area (Å²) in [6.07, 6.45) is 1.15. The highest BCUT2D eigenvalue weighted by atomic mass is 35.5. The van der Waals surface area contributed by atoms with Gasteiger partial charge in [-0.05, 0) is 50.1 Å².